The van der Waals surface area contributed by atoms with Crippen molar-refractivity contribution in [1.82, 2.24) is 9.78 Å². The third kappa shape index (κ3) is 2.65. The van der Waals surface area contributed by atoms with Crippen LogP contribution in [0.15, 0.2) is 33.5 Å². The van der Waals surface area contributed by atoms with Gasteiger partial charge in [0.05, 0.1) is 16.1 Å². The molecule has 126 valence electrons. The Morgan fingerprint density at radius 3 is 2.83 bits per heavy atom. The van der Waals surface area contributed by atoms with E-state index in [0.717, 1.165) is 4.47 Å². The van der Waals surface area contributed by atoms with Gasteiger partial charge in [-0.1, -0.05) is 13.8 Å². The molecule has 0 fully saturated rings. The number of ether oxygens (including phenoxy) is 1. The number of halogens is 1. The molecule has 0 radical (unpaired) electrons. The van der Waals surface area contributed by atoms with E-state index in [4.69, 9.17) is 10.5 Å². The minimum Gasteiger partial charge on any atom is -0.444 e. The Labute approximate surface area is 149 Å². The number of allylic oxidation sites excluding steroid dienone is 3. The molecular weight excluding hydrogens is 372 g/mol. The zero-order valence-corrected chi connectivity index (χ0v) is 15.5. The highest BCUT2D eigenvalue weighted by molar-refractivity contribution is 9.10. The van der Waals surface area contributed by atoms with Crippen molar-refractivity contribution >= 4 is 21.7 Å². The minimum absolute atomic E-state index is 0.00977. The van der Waals surface area contributed by atoms with Gasteiger partial charge in [0.25, 0.3) is 0 Å². The SMILES string of the molecule is CCn1cc(Br)c(C2C(C#N)=C(N)OC3=C2C(=O)CC(C)(C)C3)n1. The molecule has 0 saturated heterocycles. The van der Waals surface area contributed by atoms with E-state index in [9.17, 15) is 10.1 Å². The van der Waals surface area contributed by atoms with Gasteiger partial charge in [0, 0.05) is 31.2 Å². The van der Waals surface area contributed by atoms with Crippen molar-refractivity contribution in [2.24, 2.45) is 11.1 Å². The maximum atomic E-state index is 12.8. The second-order valence-corrected chi connectivity index (χ2v) is 7.77. The lowest BCUT2D eigenvalue weighted by molar-refractivity contribution is -0.119. The van der Waals surface area contributed by atoms with Gasteiger partial charge in [-0.25, -0.2) is 0 Å². The molecule has 2 N–H and O–H groups in total. The summed E-state index contributed by atoms with van der Waals surface area (Å²) in [4.78, 5) is 12.8. The Balaban J connectivity index is 2.20. The molecule has 1 aliphatic heterocycles. The highest BCUT2D eigenvalue weighted by atomic mass is 79.9. The molecule has 3 rings (SSSR count). The number of nitrogens with zero attached hydrogens (tertiary/aromatic N) is 3. The van der Waals surface area contributed by atoms with Gasteiger partial charge in [0.2, 0.25) is 5.88 Å². The Morgan fingerprint density at radius 1 is 1.54 bits per heavy atom. The van der Waals surface area contributed by atoms with Crippen LogP contribution in [0.3, 0.4) is 0 Å². The summed E-state index contributed by atoms with van der Waals surface area (Å²) in [6.07, 6.45) is 2.86. The lowest BCUT2D eigenvalue weighted by Gasteiger charge is -2.36. The van der Waals surface area contributed by atoms with Gasteiger partial charge in [0.15, 0.2) is 5.78 Å². The summed E-state index contributed by atoms with van der Waals surface area (Å²) < 4.78 is 8.18. The van der Waals surface area contributed by atoms with E-state index < -0.39 is 5.92 Å². The third-order valence-corrected chi connectivity index (χ3v) is 5.03. The molecule has 2 heterocycles. The largest absolute Gasteiger partial charge is 0.444 e. The summed E-state index contributed by atoms with van der Waals surface area (Å²) in [7, 11) is 0. The molecule has 1 atom stereocenters. The summed E-state index contributed by atoms with van der Waals surface area (Å²) in [6.45, 7) is 6.71. The van der Waals surface area contributed by atoms with E-state index in [2.05, 4.69) is 27.1 Å². The van der Waals surface area contributed by atoms with Gasteiger partial charge >= 0.3 is 0 Å². The smallest absolute Gasteiger partial charge is 0.205 e. The molecule has 7 heteroatoms. The Bertz CT molecular complexity index is 826. The Morgan fingerprint density at radius 2 is 2.25 bits per heavy atom. The van der Waals surface area contributed by atoms with Crippen molar-refractivity contribution in [3.8, 4) is 6.07 Å². The molecule has 1 unspecified atom stereocenters. The van der Waals surface area contributed by atoms with Gasteiger partial charge in [-0.3, -0.25) is 9.48 Å². The van der Waals surface area contributed by atoms with Crippen LogP contribution in [0.1, 0.15) is 45.2 Å². The zero-order valence-electron chi connectivity index (χ0n) is 13.9. The van der Waals surface area contributed by atoms with E-state index in [1.54, 1.807) is 4.68 Å². The van der Waals surface area contributed by atoms with Gasteiger partial charge in [0.1, 0.15) is 17.4 Å². The average molecular weight is 391 g/mol. The predicted molar refractivity (Wildman–Crippen MR) is 91.3 cm³/mol. The first kappa shape index (κ1) is 16.8. The molecule has 1 aromatic heterocycles. The monoisotopic (exact) mass is 390 g/mol. The van der Waals surface area contributed by atoms with Crippen molar-refractivity contribution in [1.29, 1.82) is 5.26 Å². The number of carbonyl (C=O) groups is 1. The topological polar surface area (TPSA) is 93.9 Å². The lowest BCUT2D eigenvalue weighted by Crippen LogP contribution is -2.33. The van der Waals surface area contributed by atoms with Crippen LogP contribution in [0, 0.1) is 16.7 Å². The van der Waals surface area contributed by atoms with Crippen LogP contribution in [0.5, 0.6) is 0 Å². The molecule has 0 spiro atoms. The molecule has 0 saturated carbocycles. The first-order chi connectivity index (χ1) is 11.3. The predicted octanol–water partition coefficient (Wildman–Crippen LogP) is 3.12. The molecule has 6 nitrogen and oxygen atoms in total. The van der Waals surface area contributed by atoms with Crippen LogP contribution < -0.4 is 5.73 Å². The average Bonchev–Trinajstić information content (AvgIpc) is 2.85. The highest BCUT2D eigenvalue weighted by Crippen LogP contribution is 2.48. The molecular formula is C17H19BrN4O2. The van der Waals surface area contributed by atoms with Crippen molar-refractivity contribution < 1.29 is 9.53 Å². The van der Waals surface area contributed by atoms with Gasteiger partial charge in [-0.2, -0.15) is 10.4 Å². The van der Waals surface area contributed by atoms with Gasteiger partial charge < -0.3 is 10.5 Å². The number of rotatable bonds is 2. The summed E-state index contributed by atoms with van der Waals surface area (Å²) in [5, 5.41) is 14.1. The fourth-order valence-electron chi connectivity index (χ4n) is 3.33. The first-order valence-corrected chi connectivity index (χ1v) is 8.63. The van der Waals surface area contributed by atoms with Crippen molar-refractivity contribution in [2.45, 2.75) is 46.1 Å². The fraction of sp³-hybridized carbons (Fsp3) is 0.471. The minimum atomic E-state index is -0.579. The number of aryl methyl sites for hydroxylation is 1. The van der Waals surface area contributed by atoms with E-state index in [1.165, 1.54) is 0 Å². The number of carbonyl (C=O) groups excluding carboxylic acids is 1. The number of hydrogen-bond donors (Lipinski definition) is 1. The normalized spacial score (nSPS) is 23.0. The molecule has 1 aromatic rings. The van der Waals surface area contributed by atoms with Crippen molar-refractivity contribution in [3.63, 3.8) is 0 Å². The summed E-state index contributed by atoms with van der Waals surface area (Å²) in [6, 6.07) is 2.10. The Kier molecular flexibility index (Phi) is 4.04. The maximum absolute atomic E-state index is 12.8. The van der Waals surface area contributed by atoms with Crippen LogP contribution in [0.2, 0.25) is 0 Å². The molecule has 0 amide bonds. The van der Waals surface area contributed by atoms with E-state index in [1.807, 2.05) is 27.0 Å². The van der Waals surface area contributed by atoms with Gasteiger partial charge in [-0.05, 0) is 28.3 Å². The summed E-state index contributed by atoms with van der Waals surface area (Å²) in [5.41, 5.74) is 7.18. The van der Waals surface area contributed by atoms with Crippen molar-refractivity contribution in [2.75, 3.05) is 0 Å². The van der Waals surface area contributed by atoms with Gasteiger partial charge in [-0.15, -0.1) is 0 Å². The van der Waals surface area contributed by atoms with Crippen LogP contribution >= 0.6 is 15.9 Å². The zero-order chi connectivity index (χ0) is 17.6. The lowest BCUT2D eigenvalue weighted by atomic mass is 9.71. The molecule has 24 heavy (non-hydrogen) atoms. The number of Topliss-reactive ketones (excluding diaryl/α,β-unsaturated/α-hetero) is 1. The van der Waals surface area contributed by atoms with Crippen LogP contribution in [0.25, 0.3) is 0 Å². The van der Waals surface area contributed by atoms with Crippen LogP contribution in [-0.2, 0) is 16.1 Å². The van der Waals surface area contributed by atoms with E-state index >= 15 is 0 Å². The third-order valence-electron chi connectivity index (χ3n) is 4.42. The number of nitrogens with two attached hydrogens (primary N) is 1. The van der Waals surface area contributed by atoms with Crippen LogP contribution in [0.4, 0.5) is 0 Å². The fourth-order valence-corrected chi connectivity index (χ4v) is 3.87. The quantitative estimate of drug-likeness (QED) is 0.836. The second kappa shape index (κ2) is 5.78. The number of nitriles is 1. The number of ketones is 1. The maximum Gasteiger partial charge on any atom is 0.205 e. The molecule has 0 aromatic carbocycles. The highest BCUT2D eigenvalue weighted by Gasteiger charge is 2.44. The molecule has 1 aliphatic carbocycles. The number of aromatic nitrogens is 2. The van der Waals surface area contributed by atoms with Crippen LogP contribution in [-0.4, -0.2) is 15.6 Å². The van der Waals surface area contributed by atoms with E-state index in [0.29, 0.717) is 36.4 Å². The standard InChI is InChI=1S/C17H19BrN4O2/c1-4-22-8-10(18)15(21-22)13-9(7-19)16(20)24-12-6-17(2,3)5-11(23)14(12)13/h8,13H,4-6,20H2,1-3H3. The molecule has 0 bridgehead atoms. The second-order valence-electron chi connectivity index (χ2n) is 6.92. The van der Waals surface area contributed by atoms with E-state index in [-0.39, 0.29) is 22.7 Å². The van der Waals surface area contributed by atoms with Crippen molar-refractivity contribution in [3.05, 3.63) is 39.2 Å². The summed E-state index contributed by atoms with van der Waals surface area (Å²) in [5.74, 6) is 0.0365. The first-order valence-electron chi connectivity index (χ1n) is 7.84. The Hall–Kier alpha value is -2.07. The molecule has 2 aliphatic rings. The summed E-state index contributed by atoms with van der Waals surface area (Å²) >= 11 is 3.50. The number of hydrogen-bond acceptors (Lipinski definition) is 5.